The Kier molecular flexibility index (Phi) is 4.78. The number of carbonyl (C=O) groups excluding carboxylic acids is 1. The predicted octanol–water partition coefficient (Wildman–Crippen LogP) is 3.67. The molecule has 1 aliphatic carbocycles. The lowest BCUT2D eigenvalue weighted by molar-refractivity contribution is -0.137. The Morgan fingerprint density at radius 2 is 2.10 bits per heavy atom. The molecule has 0 radical (unpaired) electrons. The Balaban J connectivity index is 2.15. The number of benzene rings is 1. The van der Waals surface area contributed by atoms with Crippen LogP contribution in [0.1, 0.15) is 24.8 Å². The molecular weight excluding hydrogens is 305 g/mol. The van der Waals surface area contributed by atoms with Crippen LogP contribution in [0, 0.1) is 11.8 Å². The second-order valence-electron chi connectivity index (χ2n) is 5.21. The van der Waals surface area contributed by atoms with E-state index in [-0.39, 0.29) is 28.5 Å². The second-order valence-corrected chi connectivity index (χ2v) is 5.62. The second kappa shape index (κ2) is 6.23. The van der Waals surface area contributed by atoms with Gasteiger partial charge in [-0.05, 0) is 43.5 Å². The molecular formula is C14H16ClF3N2O. The third-order valence-electron chi connectivity index (χ3n) is 3.84. The maximum absolute atomic E-state index is 12.8. The number of carbonyl (C=O) groups is 1. The van der Waals surface area contributed by atoms with E-state index in [0.29, 0.717) is 13.0 Å². The normalized spacial score (nSPS) is 22.3. The molecule has 3 N–H and O–H groups in total. The van der Waals surface area contributed by atoms with E-state index in [1.807, 2.05) is 0 Å². The van der Waals surface area contributed by atoms with Crippen molar-refractivity contribution >= 4 is 23.2 Å². The molecule has 0 spiro atoms. The van der Waals surface area contributed by atoms with E-state index in [1.165, 1.54) is 6.07 Å². The fourth-order valence-electron chi connectivity index (χ4n) is 2.72. The topological polar surface area (TPSA) is 55.1 Å². The summed E-state index contributed by atoms with van der Waals surface area (Å²) >= 11 is 5.54. The average molecular weight is 321 g/mol. The molecule has 1 aromatic rings. The van der Waals surface area contributed by atoms with Crippen molar-refractivity contribution in [2.45, 2.75) is 25.4 Å². The Bertz CT molecular complexity index is 533. The first kappa shape index (κ1) is 16.1. The molecule has 1 fully saturated rings. The lowest BCUT2D eigenvalue weighted by Crippen LogP contribution is -2.29. The van der Waals surface area contributed by atoms with E-state index < -0.39 is 11.7 Å². The van der Waals surface area contributed by atoms with Gasteiger partial charge in [0.25, 0.3) is 0 Å². The van der Waals surface area contributed by atoms with Gasteiger partial charge in [-0.15, -0.1) is 0 Å². The van der Waals surface area contributed by atoms with Crippen LogP contribution >= 0.6 is 11.6 Å². The summed E-state index contributed by atoms with van der Waals surface area (Å²) in [5, 5.41) is 2.15. The zero-order valence-electron chi connectivity index (χ0n) is 11.2. The summed E-state index contributed by atoms with van der Waals surface area (Å²) in [5.41, 5.74) is 4.75. The Morgan fingerprint density at radius 1 is 1.38 bits per heavy atom. The third-order valence-corrected chi connectivity index (χ3v) is 4.17. The van der Waals surface area contributed by atoms with Gasteiger partial charge in [0.15, 0.2) is 0 Å². The molecule has 0 aromatic heterocycles. The molecule has 1 aliphatic rings. The summed E-state index contributed by atoms with van der Waals surface area (Å²) < 4.78 is 38.3. The molecule has 21 heavy (non-hydrogen) atoms. The van der Waals surface area contributed by atoms with Gasteiger partial charge in [0.1, 0.15) is 0 Å². The van der Waals surface area contributed by atoms with Crippen LogP contribution in [0.25, 0.3) is 0 Å². The van der Waals surface area contributed by atoms with Gasteiger partial charge >= 0.3 is 6.18 Å². The first-order chi connectivity index (χ1) is 9.82. The molecule has 1 aromatic carbocycles. The van der Waals surface area contributed by atoms with Crippen LogP contribution < -0.4 is 11.1 Å². The summed E-state index contributed by atoms with van der Waals surface area (Å²) in [5.74, 6) is -0.419. The van der Waals surface area contributed by atoms with Gasteiger partial charge in [-0.2, -0.15) is 13.2 Å². The molecule has 2 atom stereocenters. The van der Waals surface area contributed by atoms with Crippen molar-refractivity contribution in [2.24, 2.45) is 17.6 Å². The number of rotatable bonds is 3. The van der Waals surface area contributed by atoms with Crippen molar-refractivity contribution in [2.75, 3.05) is 11.9 Å². The van der Waals surface area contributed by atoms with E-state index in [1.54, 1.807) is 0 Å². The van der Waals surface area contributed by atoms with E-state index >= 15 is 0 Å². The average Bonchev–Trinajstić information content (AvgIpc) is 2.88. The largest absolute Gasteiger partial charge is 0.417 e. The van der Waals surface area contributed by atoms with Crippen LogP contribution in [0.15, 0.2) is 18.2 Å². The zero-order chi connectivity index (χ0) is 15.6. The highest BCUT2D eigenvalue weighted by Crippen LogP contribution is 2.37. The summed E-state index contributed by atoms with van der Waals surface area (Å²) in [6.07, 6.45) is -2.05. The van der Waals surface area contributed by atoms with Crippen molar-refractivity contribution in [3.05, 3.63) is 28.8 Å². The summed E-state index contributed by atoms with van der Waals surface area (Å²) in [4.78, 5) is 12.1. The summed E-state index contributed by atoms with van der Waals surface area (Å²) in [6, 6.07) is 3.35. The van der Waals surface area contributed by atoms with Gasteiger partial charge in [0.05, 0.1) is 10.6 Å². The predicted molar refractivity (Wildman–Crippen MR) is 75.0 cm³/mol. The first-order valence-electron chi connectivity index (χ1n) is 6.70. The van der Waals surface area contributed by atoms with Gasteiger partial charge in [-0.1, -0.05) is 18.0 Å². The highest BCUT2D eigenvalue weighted by molar-refractivity contribution is 6.31. The Labute approximate surface area is 125 Å². The molecule has 0 bridgehead atoms. The molecule has 2 unspecified atom stereocenters. The van der Waals surface area contributed by atoms with Crippen molar-refractivity contribution in [1.82, 2.24) is 0 Å². The number of nitrogens with two attached hydrogens (primary N) is 1. The minimum absolute atomic E-state index is 0.0967. The standard InChI is InChI=1S/C14H16ClF3N2O/c15-12-5-4-9(6-11(12)14(16,17)18)20-13(21)10-3-1-2-8(10)7-19/h4-6,8,10H,1-3,7,19H2,(H,20,21). The van der Waals surface area contributed by atoms with Gasteiger partial charge in [0.2, 0.25) is 5.91 Å². The van der Waals surface area contributed by atoms with Crippen molar-refractivity contribution in [3.8, 4) is 0 Å². The molecule has 3 nitrogen and oxygen atoms in total. The smallest absolute Gasteiger partial charge is 0.330 e. The lowest BCUT2D eigenvalue weighted by Gasteiger charge is -2.18. The summed E-state index contributed by atoms with van der Waals surface area (Å²) in [6.45, 7) is 0.409. The molecule has 7 heteroatoms. The number of nitrogens with one attached hydrogen (secondary N) is 1. The Hall–Kier alpha value is -1.27. The van der Waals surface area contributed by atoms with Crippen molar-refractivity contribution in [1.29, 1.82) is 0 Å². The molecule has 0 aliphatic heterocycles. The van der Waals surface area contributed by atoms with Crippen molar-refractivity contribution in [3.63, 3.8) is 0 Å². The van der Waals surface area contributed by atoms with Crippen LogP contribution in [-0.2, 0) is 11.0 Å². The number of alkyl halides is 3. The minimum atomic E-state index is -4.55. The lowest BCUT2D eigenvalue weighted by atomic mass is 9.95. The van der Waals surface area contributed by atoms with Crippen LogP contribution in [0.5, 0.6) is 0 Å². The van der Waals surface area contributed by atoms with Crippen molar-refractivity contribution < 1.29 is 18.0 Å². The monoisotopic (exact) mass is 320 g/mol. The summed E-state index contributed by atoms with van der Waals surface area (Å²) in [7, 11) is 0. The third kappa shape index (κ3) is 3.68. The molecule has 0 saturated heterocycles. The molecule has 1 amide bonds. The van der Waals surface area contributed by atoms with Crippen LogP contribution in [0.2, 0.25) is 5.02 Å². The fourth-order valence-corrected chi connectivity index (χ4v) is 2.94. The minimum Gasteiger partial charge on any atom is -0.330 e. The number of hydrogen-bond acceptors (Lipinski definition) is 2. The molecule has 116 valence electrons. The molecule has 0 heterocycles. The quantitative estimate of drug-likeness (QED) is 0.892. The number of amides is 1. The molecule has 1 saturated carbocycles. The first-order valence-corrected chi connectivity index (χ1v) is 7.08. The van der Waals surface area contributed by atoms with E-state index in [0.717, 1.165) is 25.0 Å². The van der Waals surface area contributed by atoms with Gasteiger partial charge in [-0.3, -0.25) is 4.79 Å². The van der Waals surface area contributed by atoms with Gasteiger partial charge < -0.3 is 11.1 Å². The Morgan fingerprint density at radius 3 is 2.71 bits per heavy atom. The van der Waals surface area contributed by atoms with Crippen LogP contribution in [0.3, 0.4) is 0 Å². The highest BCUT2D eigenvalue weighted by Gasteiger charge is 2.35. The van der Waals surface area contributed by atoms with Gasteiger partial charge in [0, 0.05) is 11.6 Å². The number of anilines is 1. The number of hydrogen-bond donors (Lipinski definition) is 2. The van der Waals surface area contributed by atoms with E-state index in [9.17, 15) is 18.0 Å². The fraction of sp³-hybridized carbons (Fsp3) is 0.500. The van der Waals surface area contributed by atoms with E-state index in [4.69, 9.17) is 17.3 Å². The highest BCUT2D eigenvalue weighted by atomic mass is 35.5. The maximum atomic E-state index is 12.8. The number of halogens is 4. The van der Waals surface area contributed by atoms with Crippen LogP contribution in [-0.4, -0.2) is 12.5 Å². The van der Waals surface area contributed by atoms with Gasteiger partial charge in [-0.25, -0.2) is 0 Å². The maximum Gasteiger partial charge on any atom is 0.417 e. The van der Waals surface area contributed by atoms with Crippen LogP contribution in [0.4, 0.5) is 18.9 Å². The zero-order valence-corrected chi connectivity index (χ0v) is 12.0. The molecule has 2 rings (SSSR count). The SMILES string of the molecule is NCC1CCCC1C(=O)Nc1ccc(Cl)c(C(F)(F)F)c1. The van der Waals surface area contributed by atoms with E-state index in [2.05, 4.69) is 5.32 Å².